The van der Waals surface area contributed by atoms with Gasteiger partial charge in [-0.1, -0.05) is 36.9 Å². The average molecular weight is 174 g/mol. The molecule has 0 bridgehead atoms. The van der Waals surface area contributed by atoms with Gasteiger partial charge in [0.15, 0.2) is 0 Å². The highest BCUT2D eigenvalue weighted by atomic mass is 16.5. The maximum absolute atomic E-state index is 5.35. The maximum atomic E-state index is 5.35. The van der Waals surface area contributed by atoms with Crippen LogP contribution in [0.3, 0.4) is 0 Å². The van der Waals surface area contributed by atoms with E-state index in [2.05, 4.69) is 12.3 Å². The minimum atomic E-state index is -0.0151. The highest BCUT2D eigenvalue weighted by molar-refractivity contribution is 5.24. The fourth-order valence-corrected chi connectivity index (χ4v) is 1.28. The maximum Gasteiger partial charge on any atom is 0.110 e. The van der Waals surface area contributed by atoms with Gasteiger partial charge in [0.25, 0.3) is 0 Å². The minimum absolute atomic E-state index is 0.0151. The first-order valence-electron chi connectivity index (χ1n) is 4.24. The second-order valence-electron chi connectivity index (χ2n) is 2.89. The van der Waals surface area contributed by atoms with E-state index in [1.54, 1.807) is 7.11 Å². The smallest absolute Gasteiger partial charge is 0.110 e. The molecule has 1 aromatic rings. The normalized spacial score (nSPS) is 11.8. The number of methoxy groups -OCH3 is 1. The van der Waals surface area contributed by atoms with Crippen LogP contribution in [0.5, 0.6) is 0 Å². The number of hydrogen-bond acceptors (Lipinski definition) is 1. The van der Waals surface area contributed by atoms with E-state index >= 15 is 0 Å². The molecule has 0 fully saturated rings. The molecule has 0 aromatic heterocycles. The lowest BCUT2D eigenvalue weighted by Crippen LogP contribution is -2.01. The Hall–Kier alpha value is -1.30. The van der Waals surface area contributed by atoms with Gasteiger partial charge in [-0.2, -0.15) is 0 Å². The van der Waals surface area contributed by atoms with Crippen LogP contribution in [0, 0.1) is 0 Å². The minimum Gasteiger partial charge on any atom is -0.372 e. The molecular formula is C12H14O. The summed E-state index contributed by atoms with van der Waals surface area (Å²) in [5, 5.41) is 0. The van der Waals surface area contributed by atoms with Crippen LogP contribution in [0.4, 0.5) is 0 Å². The van der Waals surface area contributed by atoms with Gasteiger partial charge in [0.2, 0.25) is 0 Å². The molecule has 0 heterocycles. The van der Waals surface area contributed by atoms with Crippen LogP contribution in [0.25, 0.3) is 0 Å². The molecule has 0 saturated carbocycles. The zero-order valence-electron chi connectivity index (χ0n) is 8.08. The van der Waals surface area contributed by atoms with E-state index in [1.807, 2.05) is 37.3 Å². The van der Waals surface area contributed by atoms with E-state index in [9.17, 15) is 0 Å². The fourth-order valence-electron chi connectivity index (χ4n) is 1.28. The summed E-state index contributed by atoms with van der Waals surface area (Å²) in [7, 11) is 1.69. The molecule has 0 amide bonds. The van der Waals surface area contributed by atoms with Crippen LogP contribution in [-0.2, 0) is 4.74 Å². The van der Waals surface area contributed by atoms with E-state index in [-0.39, 0.29) is 6.10 Å². The molecule has 0 aliphatic heterocycles. The van der Waals surface area contributed by atoms with Crippen molar-refractivity contribution in [2.24, 2.45) is 0 Å². The van der Waals surface area contributed by atoms with Gasteiger partial charge in [0.05, 0.1) is 0 Å². The van der Waals surface area contributed by atoms with Gasteiger partial charge in [-0.05, 0) is 12.5 Å². The molecule has 1 unspecified atom stereocenters. The lowest BCUT2D eigenvalue weighted by atomic mass is 10.0. The van der Waals surface area contributed by atoms with Crippen molar-refractivity contribution in [1.29, 1.82) is 0 Å². The molecule has 0 radical (unpaired) electrons. The van der Waals surface area contributed by atoms with Crippen LogP contribution in [0.2, 0.25) is 0 Å². The van der Waals surface area contributed by atoms with Crippen LogP contribution in [0.1, 0.15) is 18.6 Å². The summed E-state index contributed by atoms with van der Waals surface area (Å²) in [6.07, 6.45) is -0.0151. The third-order valence-corrected chi connectivity index (χ3v) is 2.01. The summed E-state index contributed by atoms with van der Waals surface area (Å²) in [5.74, 6) is 0. The van der Waals surface area contributed by atoms with Crippen molar-refractivity contribution >= 4 is 0 Å². The summed E-state index contributed by atoms with van der Waals surface area (Å²) >= 11 is 0. The Bertz CT molecular complexity index is 307. The second kappa shape index (κ2) is 4.66. The summed E-state index contributed by atoms with van der Waals surface area (Å²) in [4.78, 5) is 0. The monoisotopic (exact) mass is 174 g/mol. The molecule has 1 atom stereocenters. The van der Waals surface area contributed by atoms with Crippen LogP contribution in [-0.4, -0.2) is 7.11 Å². The summed E-state index contributed by atoms with van der Waals surface area (Å²) < 4.78 is 5.35. The SMILES string of the molecule is C=C=C(C)C(OC)c1ccccc1. The van der Waals surface area contributed by atoms with Crippen LogP contribution in [0.15, 0.2) is 48.2 Å². The standard InChI is InChI=1S/C12H14O/c1-4-10(2)12(13-3)11-8-6-5-7-9-11/h5-9,12H,1H2,2-3H3. The van der Waals surface area contributed by atoms with E-state index in [1.165, 1.54) is 0 Å². The predicted octanol–water partition coefficient (Wildman–Crippen LogP) is 3.11. The van der Waals surface area contributed by atoms with Crippen molar-refractivity contribution in [3.8, 4) is 0 Å². The molecular weight excluding hydrogens is 160 g/mol. The summed E-state index contributed by atoms with van der Waals surface area (Å²) in [6.45, 7) is 5.58. The van der Waals surface area contributed by atoms with Crippen molar-refractivity contribution < 1.29 is 4.74 Å². The van der Waals surface area contributed by atoms with Crippen molar-refractivity contribution in [2.75, 3.05) is 7.11 Å². The molecule has 0 aliphatic carbocycles. The van der Waals surface area contributed by atoms with Gasteiger partial charge in [0, 0.05) is 12.7 Å². The molecule has 68 valence electrons. The molecule has 0 N–H and O–H groups in total. The molecule has 1 aromatic carbocycles. The van der Waals surface area contributed by atoms with Gasteiger partial charge < -0.3 is 4.74 Å². The summed E-state index contributed by atoms with van der Waals surface area (Å²) in [6, 6.07) is 10.1. The van der Waals surface area contributed by atoms with Crippen molar-refractivity contribution in [1.82, 2.24) is 0 Å². The lowest BCUT2D eigenvalue weighted by Gasteiger charge is -2.14. The zero-order chi connectivity index (χ0) is 9.68. The Kier molecular flexibility index (Phi) is 3.51. The highest BCUT2D eigenvalue weighted by Crippen LogP contribution is 2.23. The van der Waals surface area contributed by atoms with Crippen LogP contribution < -0.4 is 0 Å². The van der Waals surface area contributed by atoms with Gasteiger partial charge in [-0.25, -0.2) is 0 Å². The Balaban J connectivity index is 2.98. The zero-order valence-corrected chi connectivity index (χ0v) is 8.08. The number of hydrogen-bond donors (Lipinski definition) is 0. The molecule has 0 aliphatic rings. The van der Waals surface area contributed by atoms with Gasteiger partial charge in [-0.15, -0.1) is 5.73 Å². The first-order valence-corrected chi connectivity index (χ1v) is 4.24. The van der Waals surface area contributed by atoms with Crippen molar-refractivity contribution in [3.05, 3.63) is 53.8 Å². The Labute approximate surface area is 79.4 Å². The average Bonchev–Trinajstić information content (AvgIpc) is 2.20. The topological polar surface area (TPSA) is 9.23 Å². The number of benzene rings is 1. The van der Waals surface area contributed by atoms with Crippen molar-refractivity contribution in [2.45, 2.75) is 13.0 Å². The number of rotatable bonds is 3. The quantitative estimate of drug-likeness (QED) is 0.640. The predicted molar refractivity (Wildman–Crippen MR) is 54.5 cm³/mol. The molecule has 1 heteroatoms. The van der Waals surface area contributed by atoms with E-state index < -0.39 is 0 Å². The second-order valence-corrected chi connectivity index (χ2v) is 2.89. The highest BCUT2D eigenvalue weighted by Gasteiger charge is 2.10. The third kappa shape index (κ3) is 2.32. The Morgan fingerprint density at radius 3 is 2.46 bits per heavy atom. The van der Waals surface area contributed by atoms with Gasteiger partial charge in [-0.3, -0.25) is 0 Å². The number of ether oxygens (including phenoxy) is 1. The largest absolute Gasteiger partial charge is 0.372 e. The molecule has 0 spiro atoms. The van der Waals surface area contributed by atoms with Crippen LogP contribution >= 0.6 is 0 Å². The van der Waals surface area contributed by atoms with Gasteiger partial charge in [0.1, 0.15) is 6.10 Å². The fraction of sp³-hybridized carbons (Fsp3) is 0.250. The molecule has 0 saturated heterocycles. The van der Waals surface area contributed by atoms with E-state index in [0.29, 0.717) is 0 Å². The Morgan fingerprint density at radius 2 is 2.00 bits per heavy atom. The van der Waals surface area contributed by atoms with Gasteiger partial charge >= 0.3 is 0 Å². The van der Waals surface area contributed by atoms with Crippen molar-refractivity contribution in [3.63, 3.8) is 0 Å². The Morgan fingerprint density at radius 1 is 1.38 bits per heavy atom. The van der Waals surface area contributed by atoms with E-state index in [4.69, 9.17) is 4.74 Å². The van der Waals surface area contributed by atoms with E-state index in [0.717, 1.165) is 11.1 Å². The lowest BCUT2D eigenvalue weighted by molar-refractivity contribution is 0.133. The first kappa shape index (κ1) is 9.79. The summed E-state index contributed by atoms with van der Waals surface area (Å²) in [5.41, 5.74) is 5.00. The molecule has 1 nitrogen and oxygen atoms in total. The third-order valence-electron chi connectivity index (χ3n) is 2.01. The first-order chi connectivity index (χ1) is 6.29. The molecule has 1 rings (SSSR count). The molecule has 13 heavy (non-hydrogen) atoms.